The van der Waals surface area contributed by atoms with Gasteiger partial charge in [0.2, 0.25) is 6.10 Å². The number of esters is 1. The monoisotopic (exact) mass is 376 g/mol. The molecule has 1 aliphatic heterocycles. The summed E-state index contributed by atoms with van der Waals surface area (Å²) in [7, 11) is 1.64. The van der Waals surface area contributed by atoms with Crippen molar-refractivity contribution >= 4 is 16.7 Å². The summed E-state index contributed by atoms with van der Waals surface area (Å²) in [6.07, 6.45) is -0.728. The lowest BCUT2D eigenvalue weighted by Gasteiger charge is -2.25. The first-order chi connectivity index (χ1) is 13.4. The van der Waals surface area contributed by atoms with Crippen LogP contribution in [0.25, 0.3) is 10.8 Å². The number of hydrogen-bond acceptors (Lipinski definition) is 4. The van der Waals surface area contributed by atoms with E-state index in [0.717, 1.165) is 33.4 Å². The fourth-order valence-electron chi connectivity index (χ4n) is 3.75. The van der Waals surface area contributed by atoms with Crippen molar-refractivity contribution in [3.63, 3.8) is 0 Å². The van der Waals surface area contributed by atoms with Gasteiger partial charge in [-0.25, -0.2) is 4.79 Å². The minimum absolute atomic E-state index is 0.248. The minimum Gasteiger partial charge on any atom is -0.497 e. The van der Waals surface area contributed by atoms with Crippen LogP contribution >= 0.6 is 0 Å². The molecule has 1 aliphatic rings. The van der Waals surface area contributed by atoms with Gasteiger partial charge in [0, 0.05) is 5.56 Å². The molecule has 2 atom stereocenters. The maximum Gasteiger partial charge on any atom is 0.348 e. The number of ether oxygens (including phenoxy) is 3. The van der Waals surface area contributed by atoms with Crippen LogP contribution in [-0.4, -0.2) is 24.8 Å². The zero-order chi connectivity index (χ0) is 19.9. The fraction of sp³-hybridized carbons (Fsp3) is 0.292. The highest BCUT2D eigenvalue weighted by molar-refractivity contribution is 5.92. The molecule has 144 valence electrons. The van der Waals surface area contributed by atoms with Crippen LogP contribution in [0.1, 0.15) is 37.8 Å². The van der Waals surface area contributed by atoms with Gasteiger partial charge in [-0.2, -0.15) is 0 Å². The van der Waals surface area contributed by atoms with Crippen molar-refractivity contribution in [3.05, 3.63) is 71.8 Å². The molecule has 28 heavy (non-hydrogen) atoms. The summed E-state index contributed by atoms with van der Waals surface area (Å²) < 4.78 is 17.1. The van der Waals surface area contributed by atoms with Crippen LogP contribution in [0.4, 0.5) is 0 Å². The van der Waals surface area contributed by atoms with Gasteiger partial charge in [-0.05, 0) is 55.3 Å². The summed E-state index contributed by atoms with van der Waals surface area (Å²) in [6.45, 7) is 5.60. The second-order valence-corrected chi connectivity index (χ2v) is 8.02. The summed E-state index contributed by atoms with van der Waals surface area (Å²) in [6, 6.07) is 19.9. The normalized spacial score (nSPS) is 18.4. The van der Waals surface area contributed by atoms with Crippen LogP contribution in [0.3, 0.4) is 0 Å². The molecule has 0 aliphatic carbocycles. The summed E-state index contributed by atoms with van der Waals surface area (Å²) in [5.74, 6) is 0.903. The molecule has 3 aromatic carbocycles. The average molecular weight is 376 g/mol. The Morgan fingerprint density at radius 3 is 2.36 bits per heavy atom. The molecular weight excluding hydrogens is 352 g/mol. The smallest absolute Gasteiger partial charge is 0.348 e. The molecule has 0 saturated carbocycles. The summed E-state index contributed by atoms with van der Waals surface area (Å²) in [5.41, 5.74) is 1.44. The molecule has 3 aromatic rings. The SMILES string of the molecule is COc1ccc(C2c3c(ccc4ccccc34)OC2C(=O)OC(C)(C)C)cc1. The Kier molecular flexibility index (Phi) is 4.50. The summed E-state index contributed by atoms with van der Waals surface area (Å²) >= 11 is 0. The van der Waals surface area contributed by atoms with Gasteiger partial charge in [0.25, 0.3) is 0 Å². The molecular formula is C24H24O4. The van der Waals surface area contributed by atoms with E-state index < -0.39 is 11.7 Å². The van der Waals surface area contributed by atoms with E-state index in [4.69, 9.17) is 14.2 Å². The van der Waals surface area contributed by atoms with E-state index >= 15 is 0 Å². The number of methoxy groups -OCH3 is 1. The van der Waals surface area contributed by atoms with Gasteiger partial charge in [-0.3, -0.25) is 0 Å². The predicted octanol–water partition coefficient (Wildman–Crippen LogP) is 5.08. The Labute approximate surface area is 165 Å². The van der Waals surface area contributed by atoms with Crippen molar-refractivity contribution in [2.24, 2.45) is 0 Å². The number of rotatable bonds is 3. The van der Waals surface area contributed by atoms with E-state index in [9.17, 15) is 4.79 Å². The molecule has 0 N–H and O–H groups in total. The highest BCUT2D eigenvalue weighted by atomic mass is 16.6. The Morgan fingerprint density at radius 1 is 0.964 bits per heavy atom. The van der Waals surface area contributed by atoms with Gasteiger partial charge in [-0.1, -0.05) is 42.5 Å². The number of carbonyl (C=O) groups excluding carboxylic acids is 1. The number of carbonyl (C=O) groups is 1. The Morgan fingerprint density at radius 2 is 1.68 bits per heavy atom. The lowest BCUT2D eigenvalue weighted by molar-refractivity contribution is -0.163. The van der Waals surface area contributed by atoms with E-state index in [2.05, 4.69) is 12.1 Å². The molecule has 0 bridgehead atoms. The zero-order valence-electron chi connectivity index (χ0n) is 16.6. The van der Waals surface area contributed by atoms with Crippen LogP contribution in [0, 0.1) is 0 Å². The number of fused-ring (bicyclic) bond motifs is 3. The van der Waals surface area contributed by atoms with Gasteiger partial charge >= 0.3 is 5.97 Å². The van der Waals surface area contributed by atoms with Crippen LogP contribution in [0.5, 0.6) is 11.5 Å². The van der Waals surface area contributed by atoms with Crippen molar-refractivity contribution in [2.45, 2.75) is 38.4 Å². The molecule has 4 nitrogen and oxygen atoms in total. The number of benzene rings is 3. The molecule has 0 fully saturated rings. The Bertz CT molecular complexity index is 1010. The quantitative estimate of drug-likeness (QED) is 0.598. The third-order valence-electron chi connectivity index (χ3n) is 4.91. The lowest BCUT2D eigenvalue weighted by atomic mass is 9.85. The van der Waals surface area contributed by atoms with Crippen LogP contribution < -0.4 is 9.47 Å². The second kappa shape index (κ2) is 6.86. The molecule has 0 amide bonds. The van der Waals surface area contributed by atoms with E-state index in [1.165, 1.54) is 0 Å². The van der Waals surface area contributed by atoms with Gasteiger partial charge in [-0.15, -0.1) is 0 Å². The highest BCUT2D eigenvalue weighted by Crippen LogP contribution is 2.46. The average Bonchev–Trinajstić information content (AvgIpc) is 3.07. The minimum atomic E-state index is -0.728. The largest absolute Gasteiger partial charge is 0.497 e. The topological polar surface area (TPSA) is 44.8 Å². The van der Waals surface area contributed by atoms with Gasteiger partial charge in [0.1, 0.15) is 17.1 Å². The fourth-order valence-corrected chi connectivity index (χ4v) is 3.75. The number of hydrogen-bond donors (Lipinski definition) is 0. The van der Waals surface area contributed by atoms with Crippen LogP contribution in [0.15, 0.2) is 60.7 Å². The molecule has 0 spiro atoms. The van der Waals surface area contributed by atoms with Crippen molar-refractivity contribution in [2.75, 3.05) is 7.11 Å². The highest BCUT2D eigenvalue weighted by Gasteiger charge is 2.43. The van der Waals surface area contributed by atoms with Crippen molar-refractivity contribution < 1.29 is 19.0 Å². The molecule has 2 unspecified atom stereocenters. The first kappa shape index (κ1) is 18.4. The second-order valence-electron chi connectivity index (χ2n) is 8.02. The van der Waals surface area contributed by atoms with Crippen molar-refractivity contribution in [1.29, 1.82) is 0 Å². The predicted molar refractivity (Wildman–Crippen MR) is 109 cm³/mol. The van der Waals surface area contributed by atoms with Gasteiger partial charge in [0.15, 0.2) is 0 Å². The lowest BCUT2D eigenvalue weighted by Crippen LogP contribution is -2.36. The molecule has 0 saturated heterocycles. The summed E-state index contributed by atoms with van der Waals surface area (Å²) in [4.78, 5) is 13.0. The van der Waals surface area contributed by atoms with Crippen LogP contribution in [-0.2, 0) is 9.53 Å². The van der Waals surface area contributed by atoms with E-state index in [1.54, 1.807) is 7.11 Å². The van der Waals surface area contributed by atoms with E-state index in [0.29, 0.717) is 0 Å². The van der Waals surface area contributed by atoms with E-state index in [1.807, 2.05) is 69.3 Å². The zero-order valence-corrected chi connectivity index (χ0v) is 16.6. The first-order valence-corrected chi connectivity index (χ1v) is 9.42. The van der Waals surface area contributed by atoms with E-state index in [-0.39, 0.29) is 11.9 Å². The summed E-state index contributed by atoms with van der Waals surface area (Å²) in [5, 5.41) is 2.21. The van der Waals surface area contributed by atoms with Crippen molar-refractivity contribution in [1.82, 2.24) is 0 Å². The van der Waals surface area contributed by atoms with Gasteiger partial charge < -0.3 is 14.2 Å². The molecule has 4 rings (SSSR count). The maximum atomic E-state index is 13.0. The molecule has 0 radical (unpaired) electrons. The first-order valence-electron chi connectivity index (χ1n) is 9.42. The molecule has 1 heterocycles. The molecule has 0 aromatic heterocycles. The Balaban J connectivity index is 1.85. The van der Waals surface area contributed by atoms with Crippen LogP contribution in [0.2, 0.25) is 0 Å². The maximum absolute atomic E-state index is 13.0. The Hall–Kier alpha value is -3.01. The molecule has 4 heteroatoms. The van der Waals surface area contributed by atoms with Crippen molar-refractivity contribution in [3.8, 4) is 11.5 Å². The van der Waals surface area contributed by atoms with Gasteiger partial charge in [0.05, 0.1) is 13.0 Å². The standard InChI is InChI=1S/C24H24O4/c1-24(2,3)28-23(25)22-20(16-9-12-17(26-4)13-10-16)21-18-8-6-5-7-15(18)11-14-19(21)27-22/h5-14,20,22H,1-4H3. The third-order valence-corrected chi connectivity index (χ3v) is 4.91. The third kappa shape index (κ3) is 3.31.